The Labute approximate surface area is 134 Å². The van der Waals surface area contributed by atoms with Crippen molar-refractivity contribution in [2.75, 3.05) is 6.61 Å². The molecule has 7 nitrogen and oxygen atoms in total. The van der Waals surface area contributed by atoms with Gasteiger partial charge in [0.25, 0.3) is 0 Å². The molecule has 1 fully saturated rings. The molecule has 7 heteroatoms. The number of hydrazone groups is 1. The summed E-state index contributed by atoms with van der Waals surface area (Å²) in [5.74, 6) is 0.342. The van der Waals surface area contributed by atoms with E-state index in [4.69, 9.17) is 9.57 Å². The van der Waals surface area contributed by atoms with E-state index in [2.05, 4.69) is 10.5 Å². The summed E-state index contributed by atoms with van der Waals surface area (Å²) in [6.07, 6.45) is 6.19. The van der Waals surface area contributed by atoms with Crippen LogP contribution >= 0.6 is 0 Å². The molecule has 3 rings (SSSR count). The predicted molar refractivity (Wildman–Crippen MR) is 83.3 cm³/mol. The van der Waals surface area contributed by atoms with Gasteiger partial charge in [-0.1, -0.05) is 18.2 Å². The molecule has 2 N–H and O–H groups in total. The van der Waals surface area contributed by atoms with E-state index in [1.807, 2.05) is 24.3 Å². The number of hydrogen-bond donors (Lipinski definition) is 2. The Morgan fingerprint density at radius 3 is 2.96 bits per heavy atom. The van der Waals surface area contributed by atoms with E-state index in [1.54, 1.807) is 12.4 Å². The maximum atomic E-state index is 11.2. The highest BCUT2D eigenvalue weighted by Gasteiger charge is 2.25. The number of carboxylic acids is 1. The second-order valence-electron chi connectivity index (χ2n) is 5.53. The van der Waals surface area contributed by atoms with Gasteiger partial charge in [-0.15, -0.1) is 0 Å². The molecule has 1 unspecified atom stereocenters. The first-order valence-corrected chi connectivity index (χ1v) is 7.56. The van der Waals surface area contributed by atoms with Crippen molar-refractivity contribution in [1.29, 1.82) is 0 Å². The third-order valence-corrected chi connectivity index (χ3v) is 3.59. The molecule has 122 valence electrons. The number of ether oxygens (including phenoxy) is 1. The first-order chi connectivity index (χ1) is 11.2. The van der Waals surface area contributed by atoms with Gasteiger partial charge in [0, 0.05) is 11.8 Å². The Morgan fingerprint density at radius 2 is 2.26 bits per heavy atom. The van der Waals surface area contributed by atoms with Gasteiger partial charge in [-0.3, -0.25) is 15.1 Å². The van der Waals surface area contributed by atoms with Crippen LogP contribution in [0.3, 0.4) is 0 Å². The lowest BCUT2D eigenvalue weighted by Crippen LogP contribution is -2.25. The number of carbonyl (C=O) groups is 1. The number of nitrogens with zero attached hydrogens (tertiary/aromatic N) is 2. The second-order valence-corrected chi connectivity index (χ2v) is 5.53. The largest absolute Gasteiger partial charge is 0.493 e. The third-order valence-electron chi connectivity index (χ3n) is 3.59. The highest BCUT2D eigenvalue weighted by atomic mass is 16.7. The molecule has 1 aliphatic heterocycles. The van der Waals surface area contributed by atoms with Crippen molar-refractivity contribution in [3.05, 3.63) is 42.2 Å². The third kappa shape index (κ3) is 4.46. The van der Waals surface area contributed by atoms with E-state index in [0.29, 0.717) is 18.3 Å². The molecular weight excluding hydrogens is 298 g/mol. The molecule has 0 aromatic heterocycles. The van der Waals surface area contributed by atoms with Crippen molar-refractivity contribution in [1.82, 2.24) is 10.5 Å². The van der Waals surface area contributed by atoms with Crippen LogP contribution in [0.4, 0.5) is 0 Å². The number of nitrogens with one attached hydrogen (secondary N) is 1. The molecule has 2 aliphatic rings. The van der Waals surface area contributed by atoms with Crippen LogP contribution in [-0.2, 0) is 9.63 Å². The molecule has 0 spiro atoms. The van der Waals surface area contributed by atoms with Crippen LogP contribution in [0.25, 0.3) is 0 Å². The average molecular weight is 317 g/mol. The summed E-state index contributed by atoms with van der Waals surface area (Å²) in [7, 11) is 0. The number of hydroxylamine groups is 2. The Kier molecular flexibility index (Phi) is 4.77. The lowest BCUT2D eigenvalue weighted by atomic mass is 10.1. The average Bonchev–Trinajstić information content (AvgIpc) is 3.37. The van der Waals surface area contributed by atoms with Gasteiger partial charge in [0.05, 0.1) is 19.2 Å². The van der Waals surface area contributed by atoms with Gasteiger partial charge in [0.2, 0.25) is 0 Å². The zero-order valence-corrected chi connectivity index (χ0v) is 12.6. The van der Waals surface area contributed by atoms with E-state index in [1.165, 1.54) is 24.2 Å². The van der Waals surface area contributed by atoms with E-state index in [-0.39, 0.29) is 6.42 Å². The van der Waals surface area contributed by atoms with Gasteiger partial charge in [0.1, 0.15) is 18.2 Å². The molecule has 1 saturated carbocycles. The number of carboxylic acid groups (broad SMARTS) is 1. The summed E-state index contributed by atoms with van der Waals surface area (Å²) in [4.78, 5) is 17.0. The minimum atomic E-state index is -0.942. The van der Waals surface area contributed by atoms with Gasteiger partial charge in [0.15, 0.2) is 0 Å². The van der Waals surface area contributed by atoms with E-state index in [9.17, 15) is 9.90 Å². The van der Waals surface area contributed by atoms with Gasteiger partial charge >= 0.3 is 5.97 Å². The van der Waals surface area contributed by atoms with Crippen LogP contribution in [0.15, 0.2) is 41.8 Å². The van der Waals surface area contributed by atoms with Crippen LogP contribution in [0, 0.1) is 5.92 Å². The van der Waals surface area contributed by atoms with Gasteiger partial charge in [-0.05, 0) is 24.8 Å². The predicted octanol–water partition coefficient (Wildman–Crippen LogP) is 2.24. The standard InChI is InChI=1S/C16H19N3O4/c20-16(21)9-15(23-19-8-7-17-18-11-19)13-3-1-2-4-14(13)22-10-12-5-6-12/h1-4,7-8,11-12,15,17H,5-6,9-10H2,(H,20,21). The maximum Gasteiger partial charge on any atom is 0.306 e. The molecule has 1 heterocycles. The van der Waals surface area contributed by atoms with E-state index < -0.39 is 12.1 Å². The first-order valence-electron chi connectivity index (χ1n) is 7.56. The molecule has 0 bridgehead atoms. The molecule has 1 aromatic rings. The van der Waals surface area contributed by atoms with Gasteiger partial charge in [-0.25, -0.2) is 5.06 Å². The van der Waals surface area contributed by atoms with E-state index in [0.717, 1.165) is 5.56 Å². The fraction of sp³-hybridized carbons (Fsp3) is 0.375. The molecule has 23 heavy (non-hydrogen) atoms. The highest BCUT2D eigenvalue weighted by Crippen LogP contribution is 2.34. The summed E-state index contributed by atoms with van der Waals surface area (Å²) >= 11 is 0. The molecule has 0 amide bonds. The zero-order valence-electron chi connectivity index (χ0n) is 12.6. The topological polar surface area (TPSA) is 83.4 Å². The Hall–Kier alpha value is -2.54. The maximum absolute atomic E-state index is 11.2. The lowest BCUT2D eigenvalue weighted by Gasteiger charge is -2.24. The SMILES string of the molecule is O=C(O)CC(ON1C=CNN=C1)c1ccccc1OCC1CC1. The van der Waals surface area contributed by atoms with Crippen molar-refractivity contribution in [3.8, 4) is 5.75 Å². The summed E-state index contributed by atoms with van der Waals surface area (Å²) < 4.78 is 5.86. The molecule has 1 aromatic carbocycles. The number of benzene rings is 1. The zero-order chi connectivity index (χ0) is 16.1. The lowest BCUT2D eigenvalue weighted by molar-refractivity contribution is -0.152. The first kappa shape index (κ1) is 15.4. The highest BCUT2D eigenvalue weighted by molar-refractivity contribution is 5.68. The summed E-state index contributed by atoms with van der Waals surface area (Å²) in [5.41, 5.74) is 3.36. The fourth-order valence-electron chi connectivity index (χ4n) is 2.22. The van der Waals surface area contributed by atoms with Gasteiger partial charge in [-0.2, -0.15) is 5.10 Å². The minimum Gasteiger partial charge on any atom is -0.493 e. The number of aliphatic carboxylic acids is 1. The van der Waals surface area contributed by atoms with Crippen molar-refractivity contribution in [3.63, 3.8) is 0 Å². The second kappa shape index (κ2) is 7.15. The molecule has 1 aliphatic carbocycles. The Balaban J connectivity index is 1.76. The van der Waals surface area contributed by atoms with Crippen molar-refractivity contribution < 1.29 is 19.5 Å². The number of hydrogen-bond acceptors (Lipinski definition) is 6. The van der Waals surface area contributed by atoms with Crippen LogP contribution in [0.2, 0.25) is 0 Å². The molecule has 1 atom stereocenters. The fourth-order valence-corrected chi connectivity index (χ4v) is 2.22. The molecular formula is C16H19N3O4. The summed E-state index contributed by atoms with van der Waals surface area (Å²) in [6.45, 7) is 0.659. The number of rotatable bonds is 8. The van der Waals surface area contributed by atoms with Crippen LogP contribution in [0.5, 0.6) is 5.75 Å². The normalized spacial score (nSPS) is 17.7. The van der Waals surface area contributed by atoms with Crippen molar-refractivity contribution in [2.45, 2.75) is 25.4 Å². The van der Waals surface area contributed by atoms with Crippen LogP contribution < -0.4 is 10.2 Å². The van der Waals surface area contributed by atoms with Gasteiger partial charge < -0.3 is 9.84 Å². The molecule has 0 radical (unpaired) electrons. The van der Waals surface area contributed by atoms with Crippen LogP contribution in [0.1, 0.15) is 30.9 Å². The van der Waals surface area contributed by atoms with Crippen molar-refractivity contribution in [2.24, 2.45) is 11.0 Å². The molecule has 0 saturated heterocycles. The minimum absolute atomic E-state index is 0.171. The van der Waals surface area contributed by atoms with E-state index >= 15 is 0 Å². The quantitative estimate of drug-likeness (QED) is 0.765. The summed E-state index contributed by atoms with van der Waals surface area (Å²) in [5, 5.41) is 14.4. The smallest absolute Gasteiger partial charge is 0.306 e. The number of para-hydroxylation sites is 1. The van der Waals surface area contributed by atoms with Crippen molar-refractivity contribution >= 4 is 12.3 Å². The Bertz CT molecular complexity index is 601. The van der Waals surface area contributed by atoms with Crippen LogP contribution in [-0.4, -0.2) is 29.1 Å². The Morgan fingerprint density at radius 1 is 1.43 bits per heavy atom. The summed E-state index contributed by atoms with van der Waals surface area (Å²) in [6, 6.07) is 7.39. The monoisotopic (exact) mass is 317 g/mol.